The number of hydrogen-bond acceptors (Lipinski definition) is 6. The minimum Gasteiger partial charge on any atom is -0.482 e. The van der Waals surface area contributed by atoms with E-state index in [4.69, 9.17) is 14.0 Å². The smallest absolute Gasteiger partial charge is 0.265 e. The van der Waals surface area contributed by atoms with E-state index in [0.717, 1.165) is 25.1 Å². The third-order valence-corrected chi connectivity index (χ3v) is 3.80. The number of aromatic nitrogens is 2. The van der Waals surface area contributed by atoms with Crippen LogP contribution >= 0.6 is 0 Å². The average Bonchev–Trinajstić information content (AvgIpc) is 3.21. The zero-order valence-electron chi connectivity index (χ0n) is 11.9. The largest absolute Gasteiger partial charge is 0.482 e. The Hall–Kier alpha value is -2.41. The Morgan fingerprint density at radius 2 is 2.23 bits per heavy atom. The highest BCUT2D eigenvalue weighted by Gasteiger charge is 2.28. The number of hydrogen-bond donors (Lipinski definition) is 0. The molecule has 1 aromatic heterocycles. The first-order chi connectivity index (χ1) is 10.8. The zero-order valence-corrected chi connectivity index (χ0v) is 11.9. The first-order valence-corrected chi connectivity index (χ1v) is 7.27. The van der Waals surface area contributed by atoms with Gasteiger partial charge in [0.1, 0.15) is 11.9 Å². The Morgan fingerprint density at radius 1 is 1.32 bits per heavy atom. The quantitative estimate of drug-likeness (QED) is 0.861. The van der Waals surface area contributed by atoms with Crippen LogP contribution in [0.4, 0.5) is 5.69 Å². The molecule has 114 valence electrons. The van der Waals surface area contributed by atoms with Gasteiger partial charge in [-0.05, 0) is 25.0 Å². The van der Waals surface area contributed by atoms with Crippen molar-refractivity contribution in [2.75, 3.05) is 18.1 Å². The molecule has 2 aliphatic rings. The monoisotopic (exact) mass is 301 g/mol. The maximum atomic E-state index is 12.1. The molecule has 0 radical (unpaired) electrons. The number of carbonyl (C=O) groups excluding carboxylic acids is 1. The predicted octanol–water partition coefficient (Wildman–Crippen LogP) is 1.85. The normalized spacial score (nSPS) is 20.8. The van der Waals surface area contributed by atoms with Gasteiger partial charge < -0.3 is 14.0 Å². The van der Waals surface area contributed by atoms with Gasteiger partial charge >= 0.3 is 0 Å². The number of carbonyl (C=O) groups is 1. The Labute approximate surface area is 126 Å². The molecule has 7 heteroatoms. The molecule has 1 amide bonds. The van der Waals surface area contributed by atoms with Crippen LogP contribution in [0, 0.1) is 0 Å². The van der Waals surface area contributed by atoms with Gasteiger partial charge in [-0.1, -0.05) is 17.3 Å². The third kappa shape index (κ3) is 2.33. The van der Waals surface area contributed by atoms with Crippen molar-refractivity contribution in [1.29, 1.82) is 0 Å². The third-order valence-electron chi connectivity index (χ3n) is 3.80. The van der Waals surface area contributed by atoms with Gasteiger partial charge in [0, 0.05) is 6.61 Å². The lowest BCUT2D eigenvalue weighted by Gasteiger charge is -2.28. The highest BCUT2D eigenvalue weighted by molar-refractivity contribution is 5.97. The molecule has 0 aliphatic carbocycles. The van der Waals surface area contributed by atoms with E-state index < -0.39 is 0 Å². The van der Waals surface area contributed by atoms with Crippen LogP contribution in [-0.4, -0.2) is 29.3 Å². The Balaban J connectivity index is 1.56. The summed E-state index contributed by atoms with van der Waals surface area (Å²) in [4.78, 5) is 18.1. The van der Waals surface area contributed by atoms with Crippen LogP contribution < -0.4 is 9.64 Å². The van der Waals surface area contributed by atoms with Crippen LogP contribution in [0.25, 0.3) is 0 Å². The molecule has 0 spiro atoms. The van der Waals surface area contributed by atoms with Crippen molar-refractivity contribution in [2.45, 2.75) is 25.5 Å². The summed E-state index contributed by atoms with van der Waals surface area (Å²) in [6.45, 7) is 1.00. The first kappa shape index (κ1) is 13.3. The van der Waals surface area contributed by atoms with Gasteiger partial charge in [-0.25, -0.2) is 0 Å². The van der Waals surface area contributed by atoms with Crippen molar-refractivity contribution in [2.24, 2.45) is 0 Å². The van der Waals surface area contributed by atoms with E-state index in [1.165, 1.54) is 0 Å². The fraction of sp³-hybridized carbons (Fsp3) is 0.400. The van der Waals surface area contributed by atoms with Crippen LogP contribution in [-0.2, 0) is 16.1 Å². The van der Waals surface area contributed by atoms with Gasteiger partial charge in [0.15, 0.2) is 12.4 Å². The van der Waals surface area contributed by atoms with Crippen molar-refractivity contribution in [3.8, 4) is 5.75 Å². The average molecular weight is 301 g/mol. The molecule has 4 rings (SSSR count). The molecule has 1 fully saturated rings. The maximum Gasteiger partial charge on any atom is 0.265 e. The highest BCUT2D eigenvalue weighted by atomic mass is 16.5. The summed E-state index contributed by atoms with van der Waals surface area (Å²) < 4.78 is 16.2. The second-order valence-electron chi connectivity index (χ2n) is 5.29. The summed E-state index contributed by atoms with van der Waals surface area (Å²) >= 11 is 0. The van der Waals surface area contributed by atoms with Crippen LogP contribution in [0.3, 0.4) is 0 Å². The molecule has 2 aliphatic heterocycles. The molecule has 0 N–H and O–H groups in total. The van der Waals surface area contributed by atoms with Crippen molar-refractivity contribution >= 4 is 11.6 Å². The number of fused-ring (bicyclic) bond motifs is 1. The fourth-order valence-electron chi connectivity index (χ4n) is 2.70. The van der Waals surface area contributed by atoms with E-state index in [0.29, 0.717) is 17.5 Å². The first-order valence-electron chi connectivity index (χ1n) is 7.27. The molecule has 22 heavy (non-hydrogen) atoms. The number of rotatable bonds is 3. The summed E-state index contributed by atoms with van der Waals surface area (Å²) in [5.74, 6) is 1.52. The maximum absolute atomic E-state index is 12.1. The lowest BCUT2D eigenvalue weighted by Crippen LogP contribution is -2.38. The molecule has 1 atom stereocenters. The Bertz CT molecular complexity index is 694. The van der Waals surface area contributed by atoms with Gasteiger partial charge in [-0.3, -0.25) is 9.69 Å². The molecular formula is C15H15N3O4. The van der Waals surface area contributed by atoms with Gasteiger partial charge in [0.05, 0.1) is 12.2 Å². The van der Waals surface area contributed by atoms with Gasteiger partial charge in [0.25, 0.3) is 11.8 Å². The van der Waals surface area contributed by atoms with E-state index >= 15 is 0 Å². The summed E-state index contributed by atoms with van der Waals surface area (Å²) in [5.41, 5.74) is 0.724. The molecular weight excluding hydrogens is 286 g/mol. The van der Waals surface area contributed by atoms with Crippen LogP contribution in [0.1, 0.15) is 30.7 Å². The van der Waals surface area contributed by atoms with E-state index in [9.17, 15) is 4.79 Å². The van der Waals surface area contributed by atoms with Crippen molar-refractivity contribution in [3.63, 3.8) is 0 Å². The van der Waals surface area contributed by atoms with Crippen molar-refractivity contribution < 1.29 is 18.8 Å². The lowest BCUT2D eigenvalue weighted by atomic mass is 10.2. The molecule has 0 unspecified atom stereocenters. The Morgan fingerprint density at radius 3 is 3.09 bits per heavy atom. The van der Waals surface area contributed by atoms with E-state index in [1.807, 2.05) is 24.3 Å². The summed E-state index contributed by atoms with van der Waals surface area (Å²) in [6, 6.07) is 7.41. The zero-order chi connectivity index (χ0) is 14.9. The minimum absolute atomic E-state index is 0.0213. The number of anilines is 1. The molecule has 0 saturated carbocycles. The van der Waals surface area contributed by atoms with Crippen molar-refractivity contribution in [3.05, 3.63) is 36.0 Å². The van der Waals surface area contributed by atoms with Crippen LogP contribution in [0.15, 0.2) is 28.8 Å². The number of benzene rings is 1. The number of nitrogens with zero attached hydrogens (tertiary/aromatic N) is 3. The van der Waals surface area contributed by atoms with E-state index in [-0.39, 0.29) is 25.2 Å². The van der Waals surface area contributed by atoms with Crippen LogP contribution in [0.5, 0.6) is 5.75 Å². The SMILES string of the molecule is O=C1COc2ccccc2N1Cc1noc([C@H]2CCCO2)n1. The van der Waals surface area contributed by atoms with E-state index in [2.05, 4.69) is 10.1 Å². The fourth-order valence-corrected chi connectivity index (χ4v) is 2.70. The highest BCUT2D eigenvalue weighted by Crippen LogP contribution is 2.32. The van der Waals surface area contributed by atoms with Gasteiger partial charge in [0.2, 0.25) is 0 Å². The predicted molar refractivity (Wildman–Crippen MR) is 75.4 cm³/mol. The number of ether oxygens (including phenoxy) is 2. The van der Waals surface area contributed by atoms with Crippen molar-refractivity contribution in [1.82, 2.24) is 10.1 Å². The standard InChI is InChI=1S/C15H15N3O4/c19-14-9-21-11-5-2-1-4-10(11)18(14)8-13-16-15(22-17-13)12-6-3-7-20-12/h1-2,4-5,12H,3,6-9H2/t12-/m1/s1. The topological polar surface area (TPSA) is 77.7 Å². The second-order valence-corrected chi connectivity index (χ2v) is 5.29. The molecule has 2 aromatic rings. The lowest BCUT2D eigenvalue weighted by molar-refractivity contribution is -0.121. The van der Waals surface area contributed by atoms with Gasteiger partial charge in [-0.2, -0.15) is 4.98 Å². The van der Waals surface area contributed by atoms with E-state index in [1.54, 1.807) is 4.90 Å². The molecule has 1 aromatic carbocycles. The summed E-state index contributed by atoms with van der Waals surface area (Å²) in [5, 5.41) is 3.96. The number of amides is 1. The molecule has 7 nitrogen and oxygen atoms in total. The second kappa shape index (κ2) is 5.42. The minimum atomic E-state index is -0.123. The van der Waals surface area contributed by atoms with Crippen LogP contribution in [0.2, 0.25) is 0 Å². The molecule has 0 bridgehead atoms. The molecule has 1 saturated heterocycles. The molecule has 3 heterocycles. The summed E-state index contributed by atoms with van der Waals surface area (Å²) in [7, 11) is 0. The van der Waals surface area contributed by atoms with Gasteiger partial charge in [-0.15, -0.1) is 0 Å². The summed E-state index contributed by atoms with van der Waals surface area (Å²) in [6.07, 6.45) is 1.77. The number of para-hydroxylation sites is 2. The Kier molecular flexibility index (Phi) is 3.27.